The van der Waals surface area contributed by atoms with Crippen LogP contribution in [-0.2, 0) is 17.1 Å². The predicted octanol–water partition coefficient (Wildman–Crippen LogP) is 4.66. The monoisotopic (exact) mass is 387 g/mol. The van der Waals surface area contributed by atoms with Gasteiger partial charge in [0.05, 0.1) is 11.5 Å². The van der Waals surface area contributed by atoms with Gasteiger partial charge in [0, 0.05) is 40.3 Å². The number of carbonyl (C=O) groups excluding carboxylic acids is 2. The van der Waals surface area contributed by atoms with Crippen LogP contribution in [0.15, 0.2) is 84.3 Å². The minimum absolute atomic E-state index is 0. The van der Waals surface area contributed by atoms with Crippen LogP contribution >= 0.6 is 0 Å². The number of hydrogen-bond acceptors (Lipinski definition) is 4. The van der Waals surface area contributed by atoms with E-state index in [-0.39, 0.29) is 40.2 Å². The number of carbonyl (C=O) groups is 2. The number of benzene rings is 2. The average Bonchev–Trinajstić information content (AvgIpc) is 2.56. The third kappa shape index (κ3) is 9.30. The summed E-state index contributed by atoms with van der Waals surface area (Å²) >= 11 is 0. The van der Waals surface area contributed by atoms with E-state index in [0.717, 1.165) is 0 Å². The van der Waals surface area contributed by atoms with Crippen molar-refractivity contribution in [2.75, 3.05) is 0 Å². The molecule has 4 nitrogen and oxygen atoms in total. The molecule has 2 aromatic carbocycles. The van der Waals surface area contributed by atoms with E-state index in [4.69, 9.17) is 10.2 Å². The fourth-order valence-electron chi connectivity index (χ4n) is 1.75. The van der Waals surface area contributed by atoms with Gasteiger partial charge in [0.2, 0.25) is 0 Å². The van der Waals surface area contributed by atoms with Gasteiger partial charge in [0.15, 0.2) is 11.6 Å². The summed E-state index contributed by atoms with van der Waals surface area (Å²) in [4.78, 5) is 22.4. The molecule has 0 unspecified atom stereocenters. The summed E-state index contributed by atoms with van der Waals surface area (Å²) in [7, 11) is 0. The number of hydrogen-bond donors (Lipinski definition) is 2. The van der Waals surface area contributed by atoms with Crippen molar-refractivity contribution >= 4 is 11.6 Å². The van der Waals surface area contributed by atoms with Gasteiger partial charge in [0.1, 0.15) is 0 Å². The van der Waals surface area contributed by atoms with Crippen molar-refractivity contribution in [3.8, 4) is 0 Å². The summed E-state index contributed by atoms with van der Waals surface area (Å²) in [6.45, 7) is 2.95. The average molecular weight is 388 g/mol. The molecule has 0 bridgehead atoms. The third-order valence-corrected chi connectivity index (χ3v) is 2.80. The molecule has 0 amide bonds. The Bertz CT molecular complexity index is 661. The molecule has 0 saturated heterocycles. The van der Waals surface area contributed by atoms with E-state index in [9.17, 15) is 9.59 Å². The Morgan fingerprint density at radius 1 is 0.680 bits per heavy atom. The number of aliphatic hydroxyl groups is 2. The van der Waals surface area contributed by atoms with Gasteiger partial charge in [0.25, 0.3) is 0 Å². The quantitative estimate of drug-likeness (QED) is 0.346. The molecule has 0 saturated carbocycles. The maximum atomic E-state index is 11.2. The van der Waals surface area contributed by atoms with Crippen LogP contribution in [0.5, 0.6) is 0 Å². The largest absolute Gasteiger partial charge is 0.512 e. The molecule has 0 fully saturated rings. The van der Waals surface area contributed by atoms with Crippen LogP contribution < -0.4 is 0 Å². The second-order valence-corrected chi connectivity index (χ2v) is 5.03. The predicted molar refractivity (Wildman–Crippen MR) is 94.3 cm³/mol. The van der Waals surface area contributed by atoms with E-state index < -0.39 is 0 Å². The van der Waals surface area contributed by atoms with Crippen LogP contribution in [0.4, 0.5) is 0 Å². The molecule has 135 valence electrons. The molecule has 0 aromatic heterocycles. The van der Waals surface area contributed by atoms with Crippen molar-refractivity contribution in [1.82, 2.24) is 0 Å². The van der Waals surface area contributed by atoms with Crippen LogP contribution in [0.3, 0.4) is 0 Å². The summed E-state index contributed by atoms with van der Waals surface area (Å²) in [6.07, 6.45) is 2.41. The SMILES string of the molecule is C/C(O)=C\C(=O)c1ccccc1.C/C(O)=C\C(=O)c1ccccc1.[Cu]. The van der Waals surface area contributed by atoms with Gasteiger partial charge in [-0.25, -0.2) is 0 Å². The van der Waals surface area contributed by atoms with Gasteiger partial charge in [-0.2, -0.15) is 0 Å². The maximum absolute atomic E-state index is 11.2. The minimum Gasteiger partial charge on any atom is -0.512 e. The Kier molecular flexibility index (Phi) is 10.6. The first-order valence-electron chi connectivity index (χ1n) is 7.33. The molecule has 0 aliphatic carbocycles. The molecule has 0 aliphatic heterocycles. The van der Waals surface area contributed by atoms with Crippen LogP contribution in [-0.4, -0.2) is 21.8 Å². The Labute approximate surface area is 158 Å². The summed E-state index contributed by atoms with van der Waals surface area (Å²) in [6, 6.07) is 17.7. The zero-order chi connectivity index (χ0) is 17.9. The van der Waals surface area contributed by atoms with Gasteiger partial charge in [-0.05, 0) is 13.8 Å². The van der Waals surface area contributed by atoms with Crippen LogP contribution in [0.2, 0.25) is 0 Å². The number of ketones is 2. The summed E-state index contributed by atoms with van der Waals surface area (Å²) in [5.41, 5.74) is 1.18. The molecule has 0 heterocycles. The van der Waals surface area contributed by atoms with Gasteiger partial charge < -0.3 is 10.2 Å². The van der Waals surface area contributed by atoms with Gasteiger partial charge in [-0.1, -0.05) is 60.7 Å². The Morgan fingerprint density at radius 3 is 1.20 bits per heavy atom. The Hall–Kier alpha value is -2.62. The molecule has 0 aliphatic rings. The third-order valence-electron chi connectivity index (χ3n) is 2.80. The Morgan fingerprint density at radius 2 is 0.960 bits per heavy atom. The molecule has 5 heteroatoms. The van der Waals surface area contributed by atoms with Gasteiger partial charge >= 0.3 is 0 Å². The zero-order valence-electron chi connectivity index (χ0n) is 13.9. The molecule has 1 radical (unpaired) electrons. The fourth-order valence-corrected chi connectivity index (χ4v) is 1.75. The van der Waals surface area contributed by atoms with Crippen molar-refractivity contribution in [2.24, 2.45) is 0 Å². The van der Waals surface area contributed by atoms with Gasteiger partial charge in [-0.15, -0.1) is 0 Å². The molecule has 25 heavy (non-hydrogen) atoms. The number of aliphatic hydroxyl groups excluding tert-OH is 2. The first-order chi connectivity index (χ1) is 11.4. The molecule has 2 rings (SSSR count). The van der Waals surface area contributed by atoms with Crippen molar-refractivity contribution in [2.45, 2.75) is 13.8 Å². The first kappa shape index (κ1) is 22.4. The zero-order valence-corrected chi connectivity index (χ0v) is 14.9. The second kappa shape index (κ2) is 11.8. The smallest absolute Gasteiger partial charge is 0.189 e. The van der Waals surface area contributed by atoms with Crippen LogP contribution in [0, 0.1) is 0 Å². The topological polar surface area (TPSA) is 74.6 Å². The molecule has 0 spiro atoms. The summed E-state index contributed by atoms with van der Waals surface area (Å²) in [5, 5.41) is 17.6. The molecular formula is C20H20CuO4. The van der Waals surface area contributed by atoms with Crippen molar-refractivity contribution in [3.05, 3.63) is 95.5 Å². The number of rotatable bonds is 4. The minimum atomic E-state index is -0.171. The fraction of sp³-hybridized carbons (Fsp3) is 0.100. The van der Waals surface area contributed by atoms with Crippen molar-refractivity contribution < 1.29 is 36.9 Å². The normalized spacial score (nSPS) is 10.8. The maximum Gasteiger partial charge on any atom is 0.189 e. The van der Waals surface area contributed by atoms with E-state index in [2.05, 4.69) is 0 Å². The van der Waals surface area contributed by atoms with Crippen molar-refractivity contribution in [1.29, 1.82) is 0 Å². The first-order valence-corrected chi connectivity index (χ1v) is 7.33. The van der Waals surface area contributed by atoms with Crippen LogP contribution in [0.25, 0.3) is 0 Å². The van der Waals surface area contributed by atoms with E-state index in [1.165, 1.54) is 26.0 Å². The summed E-state index contributed by atoms with van der Waals surface area (Å²) in [5.74, 6) is -0.279. The van der Waals surface area contributed by atoms with E-state index >= 15 is 0 Å². The van der Waals surface area contributed by atoms with Crippen molar-refractivity contribution in [3.63, 3.8) is 0 Å². The Balaban J connectivity index is 0.000000443. The standard InChI is InChI=1S/2C10H10O2.Cu/c2*1-8(11)7-10(12)9-5-3-2-4-6-9;/h2*2-7,11H,1H3;/b2*8-7+;. The van der Waals surface area contributed by atoms with E-state index in [1.807, 2.05) is 12.1 Å². The number of allylic oxidation sites excluding steroid dienone is 4. The molecular weight excluding hydrogens is 368 g/mol. The van der Waals surface area contributed by atoms with Crippen LogP contribution in [0.1, 0.15) is 34.6 Å². The molecule has 2 N–H and O–H groups in total. The second-order valence-electron chi connectivity index (χ2n) is 5.03. The van der Waals surface area contributed by atoms with Gasteiger partial charge in [-0.3, -0.25) is 9.59 Å². The van der Waals surface area contributed by atoms with E-state index in [1.54, 1.807) is 48.5 Å². The molecule has 0 atom stereocenters. The molecule has 2 aromatic rings. The van der Waals surface area contributed by atoms with E-state index in [0.29, 0.717) is 11.1 Å². The summed E-state index contributed by atoms with van der Waals surface area (Å²) < 4.78 is 0.